The first-order valence-corrected chi connectivity index (χ1v) is 8.30. The lowest BCUT2D eigenvalue weighted by Gasteiger charge is -2.18. The predicted molar refractivity (Wildman–Crippen MR) is 98.7 cm³/mol. The van der Waals surface area contributed by atoms with Crippen LogP contribution in [-0.2, 0) is 16.0 Å². The van der Waals surface area contributed by atoms with Gasteiger partial charge in [0.25, 0.3) is 0 Å². The van der Waals surface area contributed by atoms with Crippen LogP contribution in [0.5, 0.6) is 0 Å². The molecule has 0 aliphatic rings. The maximum atomic E-state index is 12.3. The number of carbonyl (C=O) groups excluding carboxylic acids is 1. The lowest BCUT2D eigenvalue weighted by Crippen LogP contribution is -2.49. The highest BCUT2D eigenvalue weighted by Crippen LogP contribution is 2.18. The van der Waals surface area contributed by atoms with Gasteiger partial charge in [-0.3, -0.25) is 10.2 Å². The molecule has 140 valence electrons. The van der Waals surface area contributed by atoms with E-state index in [0.717, 1.165) is 16.5 Å². The van der Waals surface area contributed by atoms with E-state index in [2.05, 4.69) is 15.6 Å². The Balaban J connectivity index is 1.91. The maximum absolute atomic E-state index is 12.3. The van der Waals surface area contributed by atoms with Gasteiger partial charge in [0.2, 0.25) is 5.91 Å². The fourth-order valence-electron chi connectivity index (χ4n) is 2.70. The molecule has 2 atom stereocenters. The Labute approximate surface area is 150 Å². The van der Waals surface area contributed by atoms with E-state index >= 15 is 0 Å². The smallest absolute Gasteiger partial charge is 0.326 e. The summed E-state index contributed by atoms with van der Waals surface area (Å²) >= 11 is 0. The summed E-state index contributed by atoms with van der Waals surface area (Å²) in [5.74, 6) is -1.82. The molecule has 0 unspecified atom stereocenters. The van der Waals surface area contributed by atoms with Crippen LogP contribution in [0.2, 0.25) is 0 Å². The van der Waals surface area contributed by atoms with Gasteiger partial charge < -0.3 is 32.2 Å². The first-order chi connectivity index (χ1) is 12.4. The summed E-state index contributed by atoms with van der Waals surface area (Å²) in [5, 5.41) is 22.4. The highest BCUT2D eigenvalue weighted by Gasteiger charge is 2.23. The van der Waals surface area contributed by atoms with Gasteiger partial charge in [0.1, 0.15) is 6.04 Å². The van der Waals surface area contributed by atoms with Gasteiger partial charge in [-0.2, -0.15) is 0 Å². The Morgan fingerprint density at radius 1 is 1.31 bits per heavy atom. The summed E-state index contributed by atoms with van der Waals surface area (Å²) in [6.07, 6.45) is 2.75. The quantitative estimate of drug-likeness (QED) is 0.186. The summed E-state index contributed by atoms with van der Waals surface area (Å²) in [7, 11) is 0. The van der Waals surface area contributed by atoms with Crippen molar-refractivity contribution in [3.63, 3.8) is 0 Å². The average molecular weight is 360 g/mol. The number of hydrogen-bond acceptors (Lipinski definition) is 4. The molecule has 2 rings (SSSR count). The third-order valence-electron chi connectivity index (χ3n) is 4.05. The summed E-state index contributed by atoms with van der Waals surface area (Å²) in [4.78, 5) is 26.7. The zero-order valence-corrected chi connectivity index (χ0v) is 14.3. The number of H-pyrrole nitrogens is 1. The number of hydrogen-bond donors (Lipinski definition) is 7. The predicted octanol–water partition coefficient (Wildman–Crippen LogP) is -0.130. The molecule has 9 N–H and O–H groups in total. The van der Waals surface area contributed by atoms with E-state index in [1.807, 2.05) is 24.3 Å². The second-order valence-corrected chi connectivity index (χ2v) is 6.05. The first-order valence-electron chi connectivity index (χ1n) is 8.30. The number of aliphatic carboxylic acids is 1. The fourth-order valence-corrected chi connectivity index (χ4v) is 2.70. The van der Waals surface area contributed by atoms with Crippen molar-refractivity contribution in [3.05, 3.63) is 36.0 Å². The third-order valence-corrected chi connectivity index (χ3v) is 4.05. The number of benzene rings is 1. The van der Waals surface area contributed by atoms with Crippen molar-refractivity contribution in [1.82, 2.24) is 15.6 Å². The van der Waals surface area contributed by atoms with E-state index in [4.69, 9.17) is 16.9 Å². The van der Waals surface area contributed by atoms with Gasteiger partial charge in [0.05, 0.1) is 6.04 Å². The van der Waals surface area contributed by atoms with Crippen molar-refractivity contribution in [2.75, 3.05) is 6.54 Å². The number of aromatic nitrogens is 1. The van der Waals surface area contributed by atoms with E-state index in [1.54, 1.807) is 6.20 Å². The van der Waals surface area contributed by atoms with Gasteiger partial charge in [0, 0.05) is 23.6 Å². The van der Waals surface area contributed by atoms with E-state index in [9.17, 15) is 14.7 Å². The summed E-state index contributed by atoms with van der Waals surface area (Å²) in [5.41, 5.74) is 13.0. The molecule has 0 bridgehead atoms. The van der Waals surface area contributed by atoms with Gasteiger partial charge >= 0.3 is 5.97 Å². The number of nitrogens with two attached hydrogens (primary N) is 2. The van der Waals surface area contributed by atoms with Gasteiger partial charge in [0.15, 0.2) is 5.96 Å². The van der Waals surface area contributed by atoms with Gasteiger partial charge in [-0.25, -0.2) is 4.79 Å². The first kappa shape index (κ1) is 19.3. The molecule has 1 heterocycles. The lowest BCUT2D eigenvalue weighted by molar-refractivity contribution is -0.142. The number of fused-ring (bicyclic) bond motifs is 1. The molecule has 1 aromatic heterocycles. The number of carboxylic acid groups (broad SMARTS) is 1. The molecule has 9 nitrogen and oxygen atoms in total. The molecule has 0 saturated heterocycles. The van der Waals surface area contributed by atoms with Crippen LogP contribution in [0, 0.1) is 5.41 Å². The molecule has 1 aromatic carbocycles. The molecule has 0 fully saturated rings. The topological polar surface area (TPSA) is 170 Å². The highest BCUT2D eigenvalue weighted by molar-refractivity contribution is 5.88. The highest BCUT2D eigenvalue weighted by atomic mass is 16.4. The molecule has 1 amide bonds. The van der Waals surface area contributed by atoms with Crippen molar-refractivity contribution >= 4 is 28.7 Å². The molecule has 0 spiro atoms. The van der Waals surface area contributed by atoms with Crippen LogP contribution in [-0.4, -0.2) is 46.6 Å². The summed E-state index contributed by atoms with van der Waals surface area (Å²) in [6.45, 7) is 0.358. The largest absolute Gasteiger partial charge is 0.480 e. The number of nitrogens with one attached hydrogen (secondary N) is 4. The number of guanidine groups is 1. The number of aromatic amines is 1. The number of carboxylic acids is 1. The molecule has 0 aliphatic carbocycles. The van der Waals surface area contributed by atoms with Crippen LogP contribution in [0.1, 0.15) is 18.4 Å². The standard InChI is InChI=1S/C17H24N6O3/c18-12(8-10-9-22-13-5-2-1-4-11(10)13)15(24)23-14(16(25)26)6-3-7-21-17(19)20/h1-2,4-5,9,12,14,22H,3,6-8,18H2,(H,23,24)(H,25,26)(H4,19,20,21)/t12-,14-/m0/s1. The SMILES string of the molecule is N=C(N)NCCC[C@H](NC(=O)[C@@H](N)Cc1c[nH]c2ccccc12)C(=O)O. The second-order valence-electron chi connectivity index (χ2n) is 6.05. The Morgan fingerprint density at radius 3 is 2.73 bits per heavy atom. The summed E-state index contributed by atoms with van der Waals surface area (Å²) in [6, 6.07) is 5.79. The van der Waals surface area contributed by atoms with Gasteiger partial charge in [-0.15, -0.1) is 0 Å². The minimum atomic E-state index is -1.12. The van der Waals surface area contributed by atoms with E-state index in [1.165, 1.54) is 0 Å². The molecule has 26 heavy (non-hydrogen) atoms. The molecular formula is C17H24N6O3. The van der Waals surface area contributed by atoms with Crippen molar-refractivity contribution < 1.29 is 14.7 Å². The zero-order chi connectivity index (χ0) is 19.1. The van der Waals surface area contributed by atoms with Gasteiger partial charge in [-0.05, 0) is 30.9 Å². The van der Waals surface area contributed by atoms with Crippen LogP contribution >= 0.6 is 0 Å². The molecular weight excluding hydrogens is 336 g/mol. The van der Waals surface area contributed by atoms with Crippen LogP contribution in [0.3, 0.4) is 0 Å². The van der Waals surface area contributed by atoms with E-state index in [0.29, 0.717) is 19.4 Å². The third kappa shape index (κ3) is 5.21. The van der Waals surface area contributed by atoms with Crippen LogP contribution in [0.4, 0.5) is 0 Å². The maximum Gasteiger partial charge on any atom is 0.326 e. The average Bonchev–Trinajstić information content (AvgIpc) is 3.00. The van der Waals surface area contributed by atoms with Crippen LogP contribution < -0.4 is 22.1 Å². The van der Waals surface area contributed by atoms with Crippen molar-refractivity contribution in [2.45, 2.75) is 31.3 Å². The number of carbonyl (C=O) groups is 2. The number of rotatable bonds is 9. The normalized spacial score (nSPS) is 13.1. The monoisotopic (exact) mass is 360 g/mol. The van der Waals surface area contributed by atoms with E-state index < -0.39 is 24.0 Å². The van der Waals surface area contributed by atoms with Crippen LogP contribution in [0.25, 0.3) is 10.9 Å². The fraction of sp³-hybridized carbons (Fsp3) is 0.353. The van der Waals surface area contributed by atoms with Crippen molar-refractivity contribution in [2.24, 2.45) is 11.5 Å². The Bertz CT molecular complexity index is 788. The zero-order valence-electron chi connectivity index (χ0n) is 14.3. The Hall–Kier alpha value is -3.07. The summed E-state index contributed by atoms with van der Waals surface area (Å²) < 4.78 is 0. The number of para-hydroxylation sites is 1. The molecule has 9 heteroatoms. The van der Waals surface area contributed by atoms with Crippen LogP contribution in [0.15, 0.2) is 30.5 Å². The number of amides is 1. The molecule has 2 aromatic rings. The minimum absolute atomic E-state index is 0.179. The van der Waals surface area contributed by atoms with Gasteiger partial charge in [-0.1, -0.05) is 18.2 Å². The molecule has 0 aliphatic heterocycles. The Morgan fingerprint density at radius 2 is 2.04 bits per heavy atom. The molecule has 0 saturated carbocycles. The van der Waals surface area contributed by atoms with E-state index in [-0.39, 0.29) is 12.4 Å². The van der Waals surface area contributed by atoms with Crippen molar-refractivity contribution in [1.29, 1.82) is 5.41 Å². The Kier molecular flexibility index (Phi) is 6.56. The lowest BCUT2D eigenvalue weighted by atomic mass is 10.0. The van der Waals surface area contributed by atoms with Crippen molar-refractivity contribution in [3.8, 4) is 0 Å². The second kappa shape index (κ2) is 8.86. The minimum Gasteiger partial charge on any atom is -0.480 e. The molecule has 0 radical (unpaired) electrons.